The first-order valence-electron chi connectivity index (χ1n) is 9.34. The van der Waals surface area contributed by atoms with E-state index in [1.165, 1.54) is 10.8 Å². The van der Waals surface area contributed by atoms with Gasteiger partial charge < -0.3 is 14.8 Å². The molecular formula is C23H19KN3O3P. The van der Waals surface area contributed by atoms with Crippen molar-refractivity contribution in [3.05, 3.63) is 102 Å². The third-order valence-corrected chi connectivity index (χ3v) is 6.53. The number of imidazole rings is 1. The Balaban J connectivity index is 0.00000272. The minimum atomic E-state index is -4.10. The van der Waals surface area contributed by atoms with Gasteiger partial charge in [-0.1, -0.05) is 48.0 Å². The average molecular weight is 455 g/mol. The Hall–Kier alpha value is -1.83. The monoisotopic (exact) mass is 455 g/mol. The van der Waals surface area contributed by atoms with Crippen LogP contribution in [0.1, 0.15) is 15.9 Å². The van der Waals surface area contributed by atoms with Crippen LogP contribution in [-0.4, -0.2) is 15.5 Å². The van der Waals surface area contributed by atoms with Gasteiger partial charge in [0.15, 0.2) is 5.57 Å². The van der Waals surface area contributed by atoms with E-state index in [0.717, 1.165) is 5.56 Å². The van der Waals surface area contributed by atoms with Crippen molar-refractivity contribution in [2.45, 2.75) is 6.92 Å². The van der Waals surface area contributed by atoms with E-state index in [2.05, 4.69) is 10.3 Å². The summed E-state index contributed by atoms with van der Waals surface area (Å²) < 4.78 is 14.5. The fourth-order valence-electron chi connectivity index (χ4n) is 3.07. The quantitative estimate of drug-likeness (QED) is 0.340. The second-order valence-corrected chi connectivity index (χ2v) is 8.87. The van der Waals surface area contributed by atoms with Gasteiger partial charge in [-0.2, -0.15) is 0 Å². The van der Waals surface area contributed by atoms with E-state index in [1.807, 2.05) is 19.1 Å². The number of amides is 1. The molecule has 150 valence electrons. The second kappa shape index (κ2) is 10.2. The predicted octanol–water partition coefficient (Wildman–Crippen LogP) is 0.0262. The molecule has 31 heavy (non-hydrogen) atoms. The Kier molecular flexibility index (Phi) is 7.83. The molecule has 0 fully saturated rings. The molecule has 0 aliphatic heterocycles. The topological polar surface area (TPSA) is 87.0 Å². The maximum Gasteiger partial charge on any atom is 1.00 e. The van der Waals surface area contributed by atoms with Gasteiger partial charge in [0, 0.05) is 34.6 Å². The fraction of sp³-hybridized carbons (Fsp3) is 0.0435. The zero-order chi connectivity index (χ0) is 21.1. The molecule has 4 aromatic rings. The summed E-state index contributed by atoms with van der Waals surface area (Å²) in [6, 6.07) is 22.5. The van der Waals surface area contributed by atoms with E-state index in [4.69, 9.17) is 0 Å². The maximum atomic E-state index is 13.0. The number of hydrogen-bond acceptors (Lipinski definition) is 4. The molecule has 1 heterocycles. The maximum absolute atomic E-state index is 13.0. The number of rotatable bonds is 5. The van der Waals surface area contributed by atoms with Crippen molar-refractivity contribution in [3.8, 4) is 5.69 Å². The molecule has 1 unspecified atom stereocenters. The minimum absolute atomic E-state index is 0. The number of nitrogens with zero attached hydrogens (tertiary/aromatic N) is 2. The van der Waals surface area contributed by atoms with Crippen molar-refractivity contribution in [3.63, 3.8) is 0 Å². The van der Waals surface area contributed by atoms with Gasteiger partial charge in [-0.3, -0.25) is 9.36 Å². The van der Waals surface area contributed by atoms with Crippen molar-refractivity contribution in [2.75, 3.05) is 5.32 Å². The Bertz CT molecular complexity index is 1220. The molecule has 1 atom stereocenters. The Morgan fingerprint density at radius 3 is 2.26 bits per heavy atom. The number of carbonyl (C=O) groups is 1. The molecule has 0 bridgehead atoms. The first kappa shape index (κ1) is 23.8. The summed E-state index contributed by atoms with van der Waals surface area (Å²) >= 11 is 0. The zero-order valence-corrected chi connectivity index (χ0v) is 21.2. The van der Waals surface area contributed by atoms with Crippen LogP contribution >= 0.6 is 7.37 Å². The van der Waals surface area contributed by atoms with E-state index in [-0.39, 0.29) is 68.2 Å². The Morgan fingerprint density at radius 2 is 1.61 bits per heavy atom. The fourth-order valence-corrected chi connectivity index (χ4v) is 4.55. The van der Waals surface area contributed by atoms with Crippen LogP contribution in [0.2, 0.25) is 0 Å². The Labute approximate surface area is 223 Å². The van der Waals surface area contributed by atoms with E-state index in [0.29, 0.717) is 16.9 Å². The number of aryl methyl sites for hydroxylation is 1. The number of hydrogen-bond donors (Lipinski definition) is 1. The van der Waals surface area contributed by atoms with Gasteiger partial charge in [-0.05, 0) is 43.3 Å². The number of aromatic nitrogens is 2. The van der Waals surface area contributed by atoms with Crippen LogP contribution in [-0.2, 0) is 4.57 Å². The average Bonchev–Trinajstić information content (AvgIpc) is 3.26. The molecule has 0 aliphatic carbocycles. The van der Waals surface area contributed by atoms with E-state index in [1.54, 1.807) is 72.9 Å². The first-order chi connectivity index (χ1) is 14.4. The van der Waals surface area contributed by atoms with Gasteiger partial charge in [-0.25, -0.2) is 4.98 Å². The van der Waals surface area contributed by atoms with Crippen LogP contribution < -0.4 is 72.5 Å². The van der Waals surface area contributed by atoms with Crippen molar-refractivity contribution < 1.29 is 65.6 Å². The molecule has 0 radical (unpaired) electrons. The molecule has 6 nitrogen and oxygen atoms in total. The number of carbonyl (C=O) groups excluding carboxylic acids is 1. The Morgan fingerprint density at radius 1 is 0.968 bits per heavy atom. The van der Waals surface area contributed by atoms with Gasteiger partial charge in [0.2, 0.25) is 0 Å². The summed E-state index contributed by atoms with van der Waals surface area (Å²) in [5.41, 5.74) is 2.85. The van der Waals surface area contributed by atoms with E-state index < -0.39 is 7.37 Å². The molecular weight excluding hydrogens is 436 g/mol. The summed E-state index contributed by atoms with van der Waals surface area (Å²) in [5, 5.41) is 3.05. The SMILES string of the molecule is Cc1ccc(C(=O)Nc2ccc(-n3ccnc3P(=O)([O-])c3ccccc3)cc2)cc1.[K+]. The molecule has 4 rings (SSSR count). The summed E-state index contributed by atoms with van der Waals surface area (Å²) in [5.74, 6) is -0.209. The van der Waals surface area contributed by atoms with Crippen LogP contribution in [0.25, 0.3) is 5.69 Å². The molecule has 0 saturated carbocycles. The molecule has 3 aromatic carbocycles. The zero-order valence-electron chi connectivity index (χ0n) is 17.2. The van der Waals surface area contributed by atoms with Gasteiger partial charge in [0.25, 0.3) is 5.91 Å². The molecule has 1 amide bonds. The molecule has 0 aliphatic rings. The van der Waals surface area contributed by atoms with Crippen LogP contribution in [0.4, 0.5) is 5.69 Å². The molecule has 0 spiro atoms. The van der Waals surface area contributed by atoms with Crippen LogP contribution in [0, 0.1) is 6.92 Å². The molecule has 1 N–H and O–H groups in total. The third-order valence-electron chi connectivity index (χ3n) is 4.70. The van der Waals surface area contributed by atoms with Crippen molar-refractivity contribution >= 4 is 29.8 Å². The summed E-state index contributed by atoms with van der Waals surface area (Å²) in [6.45, 7) is 1.96. The smallest absolute Gasteiger partial charge is 0.790 e. The summed E-state index contributed by atoms with van der Waals surface area (Å²) in [4.78, 5) is 29.4. The molecule has 1 aromatic heterocycles. The van der Waals surface area contributed by atoms with Gasteiger partial charge >= 0.3 is 51.4 Å². The summed E-state index contributed by atoms with van der Waals surface area (Å²) in [6.07, 6.45) is 3.05. The van der Waals surface area contributed by atoms with Gasteiger partial charge in [-0.15, -0.1) is 0 Å². The minimum Gasteiger partial charge on any atom is -0.790 e. The largest absolute Gasteiger partial charge is 1.00 e. The van der Waals surface area contributed by atoms with E-state index >= 15 is 0 Å². The van der Waals surface area contributed by atoms with Crippen molar-refractivity contribution in [1.29, 1.82) is 0 Å². The standard InChI is InChI=1S/C23H20N3O3P.K/c1-17-7-9-18(10-8-17)22(27)25-19-11-13-20(14-12-19)26-16-15-24-23(26)30(28,29)21-5-3-2-4-6-21;/h2-16H,1H3,(H,25,27)(H,28,29);/q;+1/p-1. The molecule has 8 heteroatoms. The summed E-state index contributed by atoms with van der Waals surface area (Å²) in [7, 11) is -4.10. The van der Waals surface area contributed by atoms with Gasteiger partial charge in [0.1, 0.15) is 7.37 Å². The second-order valence-electron chi connectivity index (χ2n) is 6.85. The van der Waals surface area contributed by atoms with Gasteiger partial charge in [0.05, 0.1) is 0 Å². The number of anilines is 1. The van der Waals surface area contributed by atoms with Crippen LogP contribution in [0.15, 0.2) is 91.3 Å². The number of benzene rings is 3. The van der Waals surface area contributed by atoms with Crippen molar-refractivity contribution in [1.82, 2.24) is 9.55 Å². The van der Waals surface area contributed by atoms with E-state index in [9.17, 15) is 14.3 Å². The van der Waals surface area contributed by atoms with Crippen LogP contribution in [0.3, 0.4) is 0 Å². The van der Waals surface area contributed by atoms with Crippen molar-refractivity contribution in [2.24, 2.45) is 0 Å². The number of nitrogens with one attached hydrogen (secondary N) is 1. The first-order valence-corrected chi connectivity index (χ1v) is 11.0. The normalized spacial score (nSPS) is 12.5. The van der Waals surface area contributed by atoms with Crippen LogP contribution in [0.5, 0.6) is 0 Å². The predicted molar refractivity (Wildman–Crippen MR) is 116 cm³/mol. The molecule has 0 saturated heterocycles. The third kappa shape index (κ3) is 5.33.